The molecule has 26 heavy (non-hydrogen) atoms. The summed E-state index contributed by atoms with van der Waals surface area (Å²) in [6.45, 7) is 5.57. The van der Waals surface area contributed by atoms with Crippen molar-refractivity contribution in [3.63, 3.8) is 0 Å². The van der Waals surface area contributed by atoms with Gasteiger partial charge in [-0.25, -0.2) is 4.79 Å². The highest BCUT2D eigenvalue weighted by atomic mass is 32.2. The van der Waals surface area contributed by atoms with Gasteiger partial charge in [0.2, 0.25) is 5.91 Å². The van der Waals surface area contributed by atoms with Crippen molar-refractivity contribution in [3.8, 4) is 0 Å². The predicted octanol–water partition coefficient (Wildman–Crippen LogP) is 0.651. The van der Waals surface area contributed by atoms with Gasteiger partial charge in [0.1, 0.15) is 6.61 Å². The Morgan fingerprint density at radius 1 is 1.46 bits per heavy atom. The summed E-state index contributed by atoms with van der Waals surface area (Å²) in [4.78, 5) is 25.2. The van der Waals surface area contributed by atoms with Crippen LogP contribution in [0.2, 0.25) is 0 Å². The Bertz CT molecular complexity index is 772. The van der Waals surface area contributed by atoms with Crippen LogP contribution in [0.5, 0.6) is 0 Å². The number of fused-ring (bicyclic) bond motifs is 1. The van der Waals surface area contributed by atoms with E-state index in [0.29, 0.717) is 0 Å². The molecule has 0 aromatic rings. The van der Waals surface area contributed by atoms with Crippen molar-refractivity contribution in [2.75, 3.05) is 6.61 Å². The number of ether oxygens (including phenoxy) is 1. The monoisotopic (exact) mass is 399 g/mol. The third-order valence-electron chi connectivity index (χ3n) is 4.12. The molecule has 2 heterocycles. The second-order valence-electron chi connectivity index (χ2n) is 5.84. The van der Waals surface area contributed by atoms with Gasteiger partial charge in [-0.2, -0.15) is 21.6 Å². The number of nitrogens with zero attached hydrogens (tertiary/aromatic N) is 1. The smallest absolute Gasteiger partial charge is 0.457 e. The van der Waals surface area contributed by atoms with Crippen LogP contribution in [0.3, 0.4) is 0 Å². The van der Waals surface area contributed by atoms with E-state index in [1.807, 2.05) is 0 Å². The van der Waals surface area contributed by atoms with E-state index in [0.717, 1.165) is 4.90 Å². The lowest BCUT2D eigenvalue weighted by atomic mass is 9.79. The molecule has 0 bridgehead atoms. The zero-order valence-corrected chi connectivity index (χ0v) is 14.5. The van der Waals surface area contributed by atoms with Gasteiger partial charge in [-0.15, -0.1) is 0 Å². The highest BCUT2D eigenvalue weighted by Crippen LogP contribution is 2.48. The molecule has 12 heteroatoms. The summed E-state index contributed by atoms with van der Waals surface area (Å²) in [5.74, 6) is -4.93. The van der Waals surface area contributed by atoms with E-state index in [9.17, 15) is 36.3 Å². The third-order valence-corrected chi connectivity index (χ3v) is 5.08. The standard InChI is InChI=1S/C14H16F3NO7S/c1-4-5-24-13(21)10-11(25-26(22,23)14(15,16)17)6(2)9-8(7(3)19)12(20)18(9)10/h4,6-9,19H,1,5H2,2-3H3/t6-,7?,8-,9?/m1/s1. The van der Waals surface area contributed by atoms with Crippen molar-refractivity contribution < 1.29 is 45.2 Å². The topological polar surface area (TPSA) is 110 Å². The fourth-order valence-corrected chi connectivity index (χ4v) is 3.55. The first-order chi connectivity index (χ1) is 11.8. The maximum atomic E-state index is 12.7. The molecular formula is C14H16F3NO7S. The van der Waals surface area contributed by atoms with Gasteiger partial charge in [0, 0.05) is 5.92 Å². The van der Waals surface area contributed by atoms with Crippen molar-refractivity contribution in [1.29, 1.82) is 0 Å². The molecule has 8 nitrogen and oxygen atoms in total. The molecule has 1 fully saturated rings. The fourth-order valence-electron chi connectivity index (χ4n) is 2.99. The molecule has 1 saturated heterocycles. The molecule has 0 saturated carbocycles. The van der Waals surface area contributed by atoms with Crippen LogP contribution < -0.4 is 0 Å². The summed E-state index contributed by atoms with van der Waals surface area (Å²) in [6.07, 6.45) is 0.0212. The quantitative estimate of drug-likeness (QED) is 0.230. The minimum atomic E-state index is -6.06. The summed E-state index contributed by atoms with van der Waals surface area (Å²) in [5, 5.41) is 9.69. The average molecular weight is 399 g/mol. The average Bonchev–Trinajstić information content (AvgIpc) is 2.73. The first-order valence-electron chi connectivity index (χ1n) is 7.39. The summed E-state index contributed by atoms with van der Waals surface area (Å²) in [7, 11) is -6.06. The van der Waals surface area contributed by atoms with Gasteiger partial charge in [-0.3, -0.25) is 9.69 Å². The maximum Gasteiger partial charge on any atom is 0.534 e. The van der Waals surface area contributed by atoms with Crippen LogP contribution in [0.25, 0.3) is 0 Å². The Balaban J connectivity index is 2.48. The van der Waals surface area contributed by atoms with E-state index in [2.05, 4.69) is 10.8 Å². The molecule has 0 spiro atoms. The number of aliphatic hydroxyl groups is 1. The van der Waals surface area contributed by atoms with Crippen LogP contribution in [0, 0.1) is 11.8 Å². The van der Waals surface area contributed by atoms with E-state index in [4.69, 9.17) is 4.74 Å². The SMILES string of the molecule is C=CCOC(=O)C1=C(OS(=O)(=O)C(F)(F)F)[C@H](C)C2[C@@H](C(C)O)C(=O)N12. The summed E-state index contributed by atoms with van der Waals surface area (Å²) in [5.41, 5.74) is -6.44. The molecule has 146 valence electrons. The molecule has 4 atom stereocenters. The Morgan fingerprint density at radius 3 is 2.50 bits per heavy atom. The molecule has 0 aromatic heterocycles. The number of carbonyl (C=O) groups excluding carboxylic acids is 2. The number of amides is 1. The minimum absolute atomic E-state index is 0.317. The van der Waals surface area contributed by atoms with Crippen LogP contribution in [-0.4, -0.2) is 54.6 Å². The molecule has 2 unspecified atom stereocenters. The zero-order valence-electron chi connectivity index (χ0n) is 13.7. The van der Waals surface area contributed by atoms with Crippen molar-refractivity contribution >= 4 is 22.0 Å². The van der Waals surface area contributed by atoms with Crippen LogP contribution in [0.1, 0.15) is 13.8 Å². The molecule has 0 aliphatic carbocycles. The molecule has 0 radical (unpaired) electrons. The third kappa shape index (κ3) is 3.07. The number of β-lactam (4-membered cyclic amide) rings is 1. The number of hydrogen-bond donors (Lipinski definition) is 1. The van der Waals surface area contributed by atoms with Crippen molar-refractivity contribution in [2.45, 2.75) is 31.5 Å². The fraction of sp³-hybridized carbons (Fsp3) is 0.571. The number of alkyl halides is 3. The molecule has 1 amide bonds. The molecule has 2 aliphatic heterocycles. The number of halogens is 3. The lowest BCUT2D eigenvalue weighted by Gasteiger charge is -2.46. The number of hydrogen-bond acceptors (Lipinski definition) is 7. The highest BCUT2D eigenvalue weighted by Gasteiger charge is 2.62. The Morgan fingerprint density at radius 2 is 2.04 bits per heavy atom. The van der Waals surface area contributed by atoms with Gasteiger partial charge in [-0.1, -0.05) is 19.6 Å². The molecule has 2 rings (SSSR count). The second kappa shape index (κ2) is 6.58. The van der Waals surface area contributed by atoms with Gasteiger partial charge in [0.15, 0.2) is 11.5 Å². The van der Waals surface area contributed by atoms with Crippen molar-refractivity contribution in [1.82, 2.24) is 4.90 Å². The summed E-state index contributed by atoms with van der Waals surface area (Å²) >= 11 is 0. The first kappa shape index (κ1) is 20.2. The van der Waals surface area contributed by atoms with Gasteiger partial charge in [0.25, 0.3) is 0 Å². The Hall–Kier alpha value is -2.08. The first-order valence-corrected chi connectivity index (χ1v) is 8.80. The van der Waals surface area contributed by atoms with Crippen LogP contribution >= 0.6 is 0 Å². The maximum absolute atomic E-state index is 12.7. The largest absolute Gasteiger partial charge is 0.534 e. The van der Waals surface area contributed by atoms with Gasteiger partial charge in [-0.05, 0) is 6.92 Å². The van der Waals surface area contributed by atoms with Crippen LogP contribution in [-0.2, 0) is 28.6 Å². The van der Waals surface area contributed by atoms with Crippen molar-refractivity contribution in [3.05, 3.63) is 24.1 Å². The van der Waals surface area contributed by atoms with Crippen molar-refractivity contribution in [2.24, 2.45) is 11.8 Å². The lowest BCUT2D eigenvalue weighted by Crippen LogP contribution is -2.63. The van der Waals surface area contributed by atoms with Gasteiger partial charge >= 0.3 is 21.6 Å². The van der Waals surface area contributed by atoms with E-state index >= 15 is 0 Å². The van der Waals surface area contributed by atoms with Gasteiger partial charge < -0.3 is 14.0 Å². The predicted molar refractivity (Wildman–Crippen MR) is 79.2 cm³/mol. The van der Waals surface area contributed by atoms with Gasteiger partial charge in [0.05, 0.1) is 18.1 Å². The number of rotatable bonds is 6. The van der Waals surface area contributed by atoms with E-state index in [1.165, 1.54) is 19.9 Å². The Kier molecular flexibility index (Phi) is 5.12. The highest BCUT2D eigenvalue weighted by molar-refractivity contribution is 7.87. The Labute approximate surface area is 147 Å². The summed E-state index contributed by atoms with van der Waals surface area (Å²) in [6, 6.07) is -0.924. The molecule has 0 aromatic carbocycles. The molecular weight excluding hydrogens is 383 g/mol. The normalized spacial score (nSPS) is 26.9. The summed E-state index contributed by atoms with van der Waals surface area (Å²) < 4.78 is 69.6. The lowest BCUT2D eigenvalue weighted by molar-refractivity contribution is -0.164. The van der Waals surface area contributed by atoms with E-state index in [-0.39, 0.29) is 6.61 Å². The minimum Gasteiger partial charge on any atom is -0.457 e. The van der Waals surface area contributed by atoms with E-state index < -0.39 is 62.9 Å². The second-order valence-corrected chi connectivity index (χ2v) is 7.37. The molecule has 2 aliphatic rings. The van der Waals surface area contributed by atoms with Crippen LogP contribution in [0.4, 0.5) is 13.2 Å². The molecule has 1 N–H and O–H groups in total. The van der Waals surface area contributed by atoms with Crippen LogP contribution in [0.15, 0.2) is 24.1 Å². The van der Waals surface area contributed by atoms with E-state index in [1.54, 1.807) is 0 Å². The zero-order chi connectivity index (χ0) is 20.0. The number of aliphatic hydroxyl groups excluding tert-OH is 1. The number of carbonyl (C=O) groups is 2. The number of esters is 1.